The summed E-state index contributed by atoms with van der Waals surface area (Å²) in [6.07, 6.45) is -0.0740. The maximum absolute atomic E-state index is 6.99. The topological polar surface area (TPSA) is 36.9 Å². The first-order valence-corrected chi connectivity index (χ1v) is 12.4. The van der Waals surface area contributed by atoms with Crippen LogP contribution in [-0.4, -0.2) is 32.2 Å². The Morgan fingerprint density at radius 2 is 1.17 bits per heavy atom. The molecule has 1 heterocycles. The molecule has 4 aromatic carbocycles. The Morgan fingerprint density at radius 3 is 1.64 bits per heavy atom. The second-order valence-electron chi connectivity index (χ2n) is 9.00. The molecule has 4 nitrogen and oxygen atoms in total. The van der Waals surface area contributed by atoms with E-state index in [9.17, 15) is 0 Å². The first kappa shape index (κ1) is 24.4. The Labute approximate surface area is 213 Å². The van der Waals surface area contributed by atoms with E-state index in [2.05, 4.69) is 84.9 Å². The molecule has 1 aliphatic heterocycles. The minimum absolute atomic E-state index is 0.143. The van der Waals surface area contributed by atoms with Gasteiger partial charge in [-0.05, 0) is 22.3 Å². The van der Waals surface area contributed by atoms with Gasteiger partial charge in [-0.15, -0.1) is 0 Å². The first-order chi connectivity index (χ1) is 17.8. The van der Waals surface area contributed by atoms with Crippen LogP contribution in [0.5, 0.6) is 0 Å². The van der Waals surface area contributed by atoms with Crippen LogP contribution in [0, 0.1) is 0 Å². The predicted octanol–water partition coefficient (Wildman–Crippen LogP) is 6.34. The summed E-state index contributed by atoms with van der Waals surface area (Å²) in [7, 11) is 1.67. The maximum Gasteiger partial charge on any atom is 0.160 e. The van der Waals surface area contributed by atoms with Gasteiger partial charge in [0, 0.05) is 13.5 Å². The van der Waals surface area contributed by atoms with Crippen molar-refractivity contribution < 1.29 is 18.9 Å². The molecule has 1 fully saturated rings. The average molecular weight is 481 g/mol. The van der Waals surface area contributed by atoms with E-state index in [-0.39, 0.29) is 18.5 Å². The van der Waals surface area contributed by atoms with Gasteiger partial charge in [0.05, 0.1) is 19.3 Å². The van der Waals surface area contributed by atoms with Gasteiger partial charge in [-0.3, -0.25) is 0 Å². The number of rotatable bonds is 10. The fourth-order valence-corrected chi connectivity index (χ4v) is 4.91. The molecule has 0 aliphatic carbocycles. The highest BCUT2D eigenvalue weighted by Crippen LogP contribution is 2.41. The van der Waals surface area contributed by atoms with Crippen LogP contribution < -0.4 is 0 Å². The lowest BCUT2D eigenvalue weighted by atomic mass is 9.80. The molecule has 0 bridgehead atoms. The summed E-state index contributed by atoms with van der Waals surface area (Å²) >= 11 is 0. The maximum atomic E-state index is 6.99. The van der Waals surface area contributed by atoms with Gasteiger partial charge in [-0.1, -0.05) is 121 Å². The molecule has 0 aromatic heterocycles. The van der Waals surface area contributed by atoms with Crippen LogP contribution in [0.2, 0.25) is 0 Å². The van der Waals surface area contributed by atoms with Gasteiger partial charge in [-0.25, -0.2) is 0 Å². The third-order valence-corrected chi connectivity index (χ3v) is 6.74. The highest BCUT2D eigenvalue weighted by molar-refractivity contribution is 5.47. The lowest BCUT2D eigenvalue weighted by Crippen LogP contribution is -2.38. The fraction of sp³-hybridized carbons (Fsp3) is 0.250. The van der Waals surface area contributed by atoms with E-state index in [1.165, 1.54) is 0 Å². The zero-order valence-electron chi connectivity index (χ0n) is 20.5. The van der Waals surface area contributed by atoms with E-state index >= 15 is 0 Å². The molecular formula is C32H32O4. The highest BCUT2D eigenvalue weighted by Gasteiger charge is 2.42. The van der Waals surface area contributed by atoms with E-state index < -0.39 is 5.60 Å². The molecule has 0 unspecified atom stereocenters. The molecule has 3 atom stereocenters. The monoisotopic (exact) mass is 480 g/mol. The van der Waals surface area contributed by atoms with Crippen LogP contribution in [0.4, 0.5) is 0 Å². The number of methoxy groups -OCH3 is 1. The third kappa shape index (κ3) is 5.28. The van der Waals surface area contributed by atoms with E-state index in [0.29, 0.717) is 19.6 Å². The summed E-state index contributed by atoms with van der Waals surface area (Å²) in [6, 6.07) is 41.3. The van der Waals surface area contributed by atoms with Gasteiger partial charge in [0.2, 0.25) is 0 Å². The summed E-state index contributed by atoms with van der Waals surface area (Å²) in [4.78, 5) is 0. The van der Waals surface area contributed by atoms with Crippen LogP contribution in [0.25, 0.3) is 0 Å². The lowest BCUT2D eigenvalue weighted by Gasteiger charge is -2.37. The predicted molar refractivity (Wildman–Crippen MR) is 140 cm³/mol. The lowest BCUT2D eigenvalue weighted by molar-refractivity contribution is -0.148. The van der Waals surface area contributed by atoms with Gasteiger partial charge < -0.3 is 18.9 Å². The van der Waals surface area contributed by atoms with E-state index in [4.69, 9.17) is 18.9 Å². The number of ether oxygens (including phenoxy) is 4. The minimum atomic E-state index is -0.803. The Hall–Kier alpha value is -3.28. The van der Waals surface area contributed by atoms with E-state index in [1.54, 1.807) is 7.11 Å². The molecule has 1 saturated heterocycles. The standard InChI is InChI=1S/C32H32O4/c1-33-31-22-29(34-23-25-14-6-2-7-15-25)30(36-31)24-35-32(26-16-8-3-9-17-26,27-18-10-4-11-19-27)28-20-12-5-13-21-28/h2-21,29-31H,22-24H2,1H3/t29-,30+,31-/m0/s1. The first-order valence-electron chi connectivity index (χ1n) is 12.4. The quantitative estimate of drug-likeness (QED) is 0.248. The molecule has 0 amide bonds. The van der Waals surface area contributed by atoms with Crippen molar-refractivity contribution in [3.63, 3.8) is 0 Å². The molecule has 36 heavy (non-hydrogen) atoms. The zero-order chi connectivity index (χ0) is 24.6. The summed E-state index contributed by atoms with van der Waals surface area (Å²) < 4.78 is 25.1. The van der Waals surface area contributed by atoms with Crippen molar-refractivity contribution in [2.45, 2.75) is 37.1 Å². The van der Waals surface area contributed by atoms with Gasteiger partial charge in [0.1, 0.15) is 11.7 Å². The molecule has 0 N–H and O–H groups in total. The van der Waals surface area contributed by atoms with Crippen LogP contribution >= 0.6 is 0 Å². The molecule has 4 aromatic rings. The second kappa shape index (κ2) is 11.6. The molecule has 0 spiro atoms. The normalized spacial score (nSPS) is 19.9. The van der Waals surface area contributed by atoms with Crippen molar-refractivity contribution in [3.05, 3.63) is 144 Å². The van der Waals surface area contributed by atoms with Gasteiger partial charge in [0.15, 0.2) is 6.29 Å². The Morgan fingerprint density at radius 1 is 0.694 bits per heavy atom. The minimum Gasteiger partial charge on any atom is -0.371 e. The fourth-order valence-electron chi connectivity index (χ4n) is 4.91. The number of hydrogen-bond donors (Lipinski definition) is 0. The number of benzene rings is 4. The zero-order valence-corrected chi connectivity index (χ0v) is 20.5. The van der Waals surface area contributed by atoms with Crippen molar-refractivity contribution >= 4 is 0 Å². The van der Waals surface area contributed by atoms with Crippen LogP contribution in [0.3, 0.4) is 0 Å². The second-order valence-corrected chi connectivity index (χ2v) is 9.00. The smallest absolute Gasteiger partial charge is 0.160 e. The molecule has 4 heteroatoms. The SMILES string of the molecule is CO[C@@H]1C[C@H](OCc2ccccc2)[C@@H](COC(c2ccccc2)(c2ccccc2)c2ccccc2)O1. The highest BCUT2D eigenvalue weighted by atomic mass is 16.7. The summed E-state index contributed by atoms with van der Waals surface area (Å²) in [5.74, 6) is 0. The summed E-state index contributed by atoms with van der Waals surface area (Å²) in [5, 5.41) is 0. The van der Waals surface area contributed by atoms with Crippen LogP contribution in [0.1, 0.15) is 28.7 Å². The number of hydrogen-bond acceptors (Lipinski definition) is 4. The van der Waals surface area contributed by atoms with Crippen molar-refractivity contribution in [3.8, 4) is 0 Å². The molecule has 5 rings (SSSR count). The molecular weight excluding hydrogens is 448 g/mol. The Kier molecular flexibility index (Phi) is 7.89. The Balaban J connectivity index is 1.46. The largest absolute Gasteiger partial charge is 0.371 e. The third-order valence-electron chi connectivity index (χ3n) is 6.74. The van der Waals surface area contributed by atoms with Gasteiger partial charge in [0.25, 0.3) is 0 Å². The average Bonchev–Trinajstić information content (AvgIpc) is 3.37. The van der Waals surface area contributed by atoms with Crippen molar-refractivity contribution in [2.24, 2.45) is 0 Å². The molecule has 1 aliphatic rings. The van der Waals surface area contributed by atoms with Crippen molar-refractivity contribution in [1.82, 2.24) is 0 Å². The van der Waals surface area contributed by atoms with Crippen molar-refractivity contribution in [1.29, 1.82) is 0 Å². The summed E-state index contributed by atoms with van der Waals surface area (Å²) in [5.41, 5.74) is 3.51. The summed E-state index contributed by atoms with van der Waals surface area (Å²) in [6.45, 7) is 0.862. The van der Waals surface area contributed by atoms with E-state index in [0.717, 1.165) is 22.3 Å². The molecule has 0 radical (unpaired) electrons. The van der Waals surface area contributed by atoms with E-state index in [1.807, 2.05) is 36.4 Å². The van der Waals surface area contributed by atoms with Gasteiger partial charge >= 0.3 is 0 Å². The Bertz CT molecular complexity index is 1090. The molecule has 0 saturated carbocycles. The van der Waals surface area contributed by atoms with Crippen LogP contribution in [0.15, 0.2) is 121 Å². The van der Waals surface area contributed by atoms with Crippen LogP contribution in [-0.2, 0) is 31.2 Å². The van der Waals surface area contributed by atoms with Gasteiger partial charge in [-0.2, -0.15) is 0 Å². The molecule has 184 valence electrons. The van der Waals surface area contributed by atoms with Crippen molar-refractivity contribution in [2.75, 3.05) is 13.7 Å².